The molecule has 164 valence electrons. The summed E-state index contributed by atoms with van der Waals surface area (Å²) in [6.45, 7) is 1.96. The van der Waals surface area contributed by atoms with Gasteiger partial charge in [-0.15, -0.1) is 0 Å². The third kappa shape index (κ3) is 4.70. The van der Waals surface area contributed by atoms with Crippen LogP contribution in [-0.2, 0) is 26.8 Å². The summed E-state index contributed by atoms with van der Waals surface area (Å²) in [5.41, 5.74) is 9.20. The fourth-order valence-corrected chi connectivity index (χ4v) is 6.18. The number of anilines is 2. The van der Waals surface area contributed by atoms with Gasteiger partial charge in [-0.3, -0.25) is 4.79 Å². The van der Waals surface area contributed by atoms with Crippen molar-refractivity contribution in [3.8, 4) is 0 Å². The molecule has 0 saturated heterocycles. The lowest BCUT2D eigenvalue weighted by Gasteiger charge is -2.20. The number of nitrogens with one attached hydrogen (secondary N) is 1. The lowest BCUT2D eigenvalue weighted by atomic mass is 10.1. The molecule has 8 heteroatoms. The molecular weight excluding hydrogens is 464 g/mol. The Morgan fingerprint density at radius 2 is 1.84 bits per heavy atom. The summed E-state index contributed by atoms with van der Waals surface area (Å²) in [5, 5.41) is 3.25. The topological polar surface area (TPSA) is 89.3 Å². The number of rotatable bonds is 5. The minimum absolute atomic E-state index is 0.144. The largest absolute Gasteiger partial charge is 0.399 e. The zero-order valence-electron chi connectivity index (χ0n) is 17.3. The number of halogens is 1. The second-order valence-corrected chi connectivity index (χ2v) is 10.9. The second kappa shape index (κ2) is 9.02. The highest BCUT2D eigenvalue weighted by atomic mass is 35.5. The van der Waals surface area contributed by atoms with E-state index in [1.807, 2.05) is 31.2 Å². The molecule has 0 aromatic heterocycles. The third-order valence-electron chi connectivity index (χ3n) is 5.17. The summed E-state index contributed by atoms with van der Waals surface area (Å²) in [6.07, 6.45) is 2.46. The summed E-state index contributed by atoms with van der Waals surface area (Å²) in [4.78, 5) is 14.1. The van der Waals surface area contributed by atoms with E-state index in [0.717, 1.165) is 16.0 Å². The molecule has 1 aliphatic rings. The maximum atomic E-state index is 13.1. The van der Waals surface area contributed by atoms with Crippen molar-refractivity contribution in [3.05, 3.63) is 87.3 Å². The predicted molar refractivity (Wildman–Crippen MR) is 131 cm³/mol. The van der Waals surface area contributed by atoms with Gasteiger partial charge < -0.3 is 11.1 Å². The summed E-state index contributed by atoms with van der Waals surface area (Å²) < 4.78 is 26.2. The fraction of sp³-hybridized carbons (Fsp3) is 0.125. The van der Waals surface area contributed by atoms with Crippen molar-refractivity contribution in [2.24, 2.45) is 0 Å². The van der Waals surface area contributed by atoms with Gasteiger partial charge in [0.15, 0.2) is 9.84 Å². The number of fused-ring (bicyclic) bond motifs is 1. The Labute approximate surface area is 196 Å². The van der Waals surface area contributed by atoms with Crippen molar-refractivity contribution < 1.29 is 13.2 Å². The molecule has 5 nitrogen and oxygen atoms in total. The van der Waals surface area contributed by atoms with E-state index >= 15 is 0 Å². The molecule has 0 bridgehead atoms. The zero-order valence-corrected chi connectivity index (χ0v) is 19.7. The number of amides is 1. The molecule has 0 fully saturated rings. The summed E-state index contributed by atoms with van der Waals surface area (Å²) in [7, 11) is -3.66. The third-order valence-corrected chi connectivity index (χ3v) is 8.26. The van der Waals surface area contributed by atoms with Crippen LogP contribution in [0.5, 0.6) is 0 Å². The van der Waals surface area contributed by atoms with Crippen molar-refractivity contribution in [1.82, 2.24) is 0 Å². The summed E-state index contributed by atoms with van der Waals surface area (Å²) in [6, 6.07) is 17.4. The number of nitrogen functional groups attached to an aromatic ring is 1. The maximum Gasteiger partial charge on any atom is 0.262 e. The smallest absolute Gasteiger partial charge is 0.262 e. The number of carbonyl (C=O) groups is 1. The molecule has 0 aliphatic carbocycles. The van der Waals surface area contributed by atoms with E-state index in [2.05, 4.69) is 5.32 Å². The van der Waals surface area contributed by atoms with Crippen LogP contribution < -0.4 is 11.1 Å². The van der Waals surface area contributed by atoms with Crippen molar-refractivity contribution in [3.63, 3.8) is 0 Å². The average Bonchev–Trinajstić information content (AvgIpc) is 2.76. The van der Waals surface area contributed by atoms with Crippen molar-refractivity contribution in [1.29, 1.82) is 0 Å². The van der Waals surface area contributed by atoms with Gasteiger partial charge >= 0.3 is 0 Å². The van der Waals surface area contributed by atoms with E-state index in [0.29, 0.717) is 33.3 Å². The van der Waals surface area contributed by atoms with Crippen LogP contribution in [-0.4, -0.2) is 14.3 Å². The molecule has 1 heterocycles. The van der Waals surface area contributed by atoms with Crippen LogP contribution in [0.4, 0.5) is 11.4 Å². The molecule has 0 saturated carbocycles. The zero-order chi connectivity index (χ0) is 22.9. The van der Waals surface area contributed by atoms with E-state index in [1.54, 1.807) is 36.4 Å². The molecule has 4 rings (SSSR count). The van der Waals surface area contributed by atoms with Gasteiger partial charge in [0.1, 0.15) is 0 Å². The van der Waals surface area contributed by atoms with E-state index in [1.165, 1.54) is 17.8 Å². The fourth-order valence-electron chi connectivity index (χ4n) is 3.45. The van der Waals surface area contributed by atoms with Crippen LogP contribution >= 0.6 is 23.4 Å². The standard InChI is InChI=1S/C24H21ClN2O3S2/c1-2-16-4-3-5-20(25)19(16)14-32(29,30)18-10-11-22-21(13-18)27-24(28)23(31-22)12-15-6-8-17(26)9-7-15/h3-13H,2,14,26H2,1H3,(H,27,28)/b23-12-. The SMILES string of the molecule is CCc1cccc(Cl)c1CS(=O)(=O)c1ccc2c(c1)NC(=O)/C(=C/c1ccc(N)cc1)S2. The van der Waals surface area contributed by atoms with E-state index in [9.17, 15) is 13.2 Å². The van der Waals surface area contributed by atoms with Gasteiger partial charge in [-0.25, -0.2) is 8.42 Å². The Bertz CT molecular complexity index is 1330. The molecule has 3 N–H and O–H groups in total. The van der Waals surface area contributed by atoms with Gasteiger partial charge in [-0.05, 0) is 65.6 Å². The van der Waals surface area contributed by atoms with Crippen LogP contribution in [0.25, 0.3) is 6.08 Å². The maximum absolute atomic E-state index is 13.1. The highest BCUT2D eigenvalue weighted by Gasteiger charge is 2.25. The number of benzene rings is 3. The molecule has 1 aliphatic heterocycles. The van der Waals surface area contributed by atoms with E-state index in [-0.39, 0.29) is 16.6 Å². The quantitative estimate of drug-likeness (QED) is 0.366. The number of hydrogen-bond acceptors (Lipinski definition) is 5. The number of thioether (sulfide) groups is 1. The first-order valence-corrected chi connectivity index (χ1v) is 12.8. The first-order chi connectivity index (χ1) is 15.3. The van der Waals surface area contributed by atoms with Crippen molar-refractivity contribution in [2.75, 3.05) is 11.1 Å². The van der Waals surface area contributed by atoms with Crippen LogP contribution in [0.15, 0.2) is 75.4 Å². The Hall–Kier alpha value is -2.74. The minimum Gasteiger partial charge on any atom is -0.399 e. The first-order valence-electron chi connectivity index (χ1n) is 9.96. The van der Waals surface area contributed by atoms with Crippen molar-refractivity contribution in [2.45, 2.75) is 28.9 Å². The van der Waals surface area contributed by atoms with Gasteiger partial charge in [-0.2, -0.15) is 0 Å². The van der Waals surface area contributed by atoms with Crippen LogP contribution in [0.3, 0.4) is 0 Å². The molecule has 0 spiro atoms. The highest BCUT2D eigenvalue weighted by Crippen LogP contribution is 2.40. The van der Waals surface area contributed by atoms with Gasteiger partial charge in [0.2, 0.25) is 0 Å². The number of nitrogens with two attached hydrogens (primary N) is 1. The molecule has 3 aromatic carbocycles. The van der Waals surface area contributed by atoms with Crippen LogP contribution in [0.2, 0.25) is 5.02 Å². The molecule has 0 radical (unpaired) electrons. The van der Waals surface area contributed by atoms with Crippen molar-refractivity contribution >= 4 is 56.6 Å². The lowest BCUT2D eigenvalue weighted by molar-refractivity contribution is -0.112. The summed E-state index contributed by atoms with van der Waals surface area (Å²) >= 11 is 7.59. The van der Waals surface area contributed by atoms with Gasteiger partial charge in [0.25, 0.3) is 5.91 Å². The van der Waals surface area contributed by atoms with Crippen LogP contribution in [0, 0.1) is 0 Å². The van der Waals surface area contributed by atoms with E-state index in [4.69, 9.17) is 17.3 Å². The van der Waals surface area contributed by atoms with Gasteiger partial charge in [0, 0.05) is 15.6 Å². The molecule has 1 amide bonds. The van der Waals surface area contributed by atoms with Gasteiger partial charge in [0.05, 0.1) is 21.2 Å². The molecule has 0 unspecified atom stereocenters. The Morgan fingerprint density at radius 3 is 2.56 bits per heavy atom. The second-order valence-electron chi connectivity index (χ2n) is 7.38. The lowest BCUT2D eigenvalue weighted by Crippen LogP contribution is -2.18. The minimum atomic E-state index is -3.66. The highest BCUT2D eigenvalue weighted by molar-refractivity contribution is 8.04. The molecule has 0 atom stereocenters. The number of hydrogen-bond donors (Lipinski definition) is 2. The van der Waals surface area contributed by atoms with E-state index < -0.39 is 9.84 Å². The molecule has 32 heavy (non-hydrogen) atoms. The number of aryl methyl sites for hydroxylation is 1. The molecule has 3 aromatic rings. The number of sulfone groups is 1. The monoisotopic (exact) mass is 484 g/mol. The Balaban J connectivity index is 1.62. The Morgan fingerprint density at radius 1 is 1.09 bits per heavy atom. The first kappa shape index (κ1) is 22.5. The Kier molecular flexibility index (Phi) is 6.33. The average molecular weight is 485 g/mol. The van der Waals surface area contributed by atoms with Crippen LogP contribution in [0.1, 0.15) is 23.6 Å². The normalized spacial score (nSPS) is 14.8. The number of carbonyl (C=O) groups excluding carboxylic acids is 1. The predicted octanol–water partition coefficient (Wildman–Crippen LogP) is 5.54. The van der Waals surface area contributed by atoms with Gasteiger partial charge in [-0.1, -0.05) is 54.6 Å². The molecular formula is C24H21ClN2O3S2. The summed E-state index contributed by atoms with van der Waals surface area (Å²) in [5.74, 6) is -0.480.